The molecule has 0 radical (unpaired) electrons. The Balaban J connectivity index is 1.40. The van der Waals surface area contributed by atoms with Crippen LogP contribution in [0.3, 0.4) is 0 Å². The number of aryl methyl sites for hydroxylation is 1. The number of benzene rings is 2. The molecule has 2 aromatic carbocycles. The number of anilines is 2. The molecule has 11 heteroatoms. The molecule has 0 atom stereocenters. The van der Waals surface area contributed by atoms with Crippen molar-refractivity contribution in [3.8, 4) is 22.8 Å². The Morgan fingerprint density at radius 2 is 1.91 bits per heavy atom. The summed E-state index contributed by atoms with van der Waals surface area (Å²) < 4.78 is 13.8. The van der Waals surface area contributed by atoms with Gasteiger partial charge < -0.3 is 24.9 Å². The molecule has 0 spiro atoms. The maximum absolute atomic E-state index is 12.6. The molecule has 0 saturated carbocycles. The Hall–Kier alpha value is -3.28. The van der Waals surface area contributed by atoms with E-state index in [1.165, 1.54) is 0 Å². The average molecular weight is 545 g/mol. The number of para-hydroxylation sites is 2. The summed E-state index contributed by atoms with van der Waals surface area (Å²) in [7, 11) is 3.50. The molecule has 1 saturated heterocycles. The quantitative estimate of drug-likeness (QED) is 0.443. The van der Waals surface area contributed by atoms with Crippen LogP contribution in [0.1, 0.15) is 0 Å². The highest BCUT2D eigenvalue weighted by atomic mass is 79.9. The minimum absolute atomic E-state index is 0.373. The maximum atomic E-state index is 12.6. The Bertz CT molecular complexity index is 1140. The molecule has 1 amide bonds. The summed E-state index contributed by atoms with van der Waals surface area (Å²) in [6, 6.07) is 13.3. The Morgan fingerprint density at radius 3 is 2.60 bits per heavy atom. The zero-order valence-electron chi connectivity index (χ0n) is 19.7. The number of hydrogen-bond acceptors (Lipinski definition) is 8. The smallest absolute Gasteiger partial charge is 0.430 e. The van der Waals surface area contributed by atoms with Gasteiger partial charge in [0.15, 0.2) is 0 Å². The molecule has 0 aliphatic carbocycles. The third-order valence-corrected chi connectivity index (χ3v) is 6.21. The number of carbonyl (C=O) groups excluding carboxylic acids is 1. The predicted molar refractivity (Wildman–Crippen MR) is 138 cm³/mol. The fourth-order valence-corrected chi connectivity index (χ4v) is 4.53. The van der Waals surface area contributed by atoms with Gasteiger partial charge in [-0.25, -0.2) is 4.79 Å². The van der Waals surface area contributed by atoms with Crippen LogP contribution in [0.4, 0.5) is 16.2 Å². The molecule has 1 aliphatic rings. The topological polar surface area (TPSA) is 107 Å². The summed E-state index contributed by atoms with van der Waals surface area (Å²) in [6.07, 6.45) is 1.16. The number of piperazine rings is 1. The standard InChI is InChI=1S/C24H29BrN6O4/c1-29-23(19(25)16-27-29)18-15-17(7-8-21(18)34-14-9-26)28-24(32)35-31-12-10-30(11-13-31)20-5-3-4-6-22(20)33-2/h3-8,15-16H,9-14,26H2,1-2H3,(H,28,32). The number of methoxy groups -OCH3 is 1. The van der Waals surface area contributed by atoms with Crippen LogP contribution >= 0.6 is 15.9 Å². The molecule has 3 N–H and O–H groups in total. The van der Waals surface area contributed by atoms with Crippen LogP contribution in [0.25, 0.3) is 11.3 Å². The summed E-state index contributed by atoms with van der Waals surface area (Å²) in [5, 5.41) is 8.76. The normalized spacial score (nSPS) is 14.0. The zero-order valence-corrected chi connectivity index (χ0v) is 21.3. The second kappa shape index (κ2) is 11.4. The highest BCUT2D eigenvalue weighted by molar-refractivity contribution is 9.10. The molecule has 0 unspecified atom stereocenters. The first-order valence-electron chi connectivity index (χ1n) is 11.3. The lowest BCUT2D eigenvalue weighted by molar-refractivity contribution is -0.0966. The number of hydrogen-bond donors (Lipinski definition) is 2. The number of ether oxygens (including phenoxy) is 2. The first-order valence-corrected chi connectivity index (χ1v) is 12.1. The van der Waals surface area contributed by atoms with Crippen molar-refractivity contribution in [3.63, 3.8) is 0 Å². The summed E-state index contributed by atoms with van der Waals surface area (Å²) >= 11 is 3.53. The number of nitrogens with zero attached hydrogens (tertiary/aromatic N) is 4. The van der Waals surface area contributed by atoms with Gasteiger partial charge in [-0.05, 0) is 46.3 Å². The van der Waals surface area contributed by atoms with E-state index in [4.69, 9.17) is 20.0 Å². The van der Waals surface area contributed by atoms with Gasteiger partial charge in [-0.15, -0.1) is 5.06 Å². The number of hydroxylamine groups is 2. The minimum atomic E-state index is -0.554. The first-order chi connectivity index (χ1) is 17.0. The van der Waals surface area contributed by atoms with Crippen LogP contribution in [-0.2, 0) is 11.9 Å². The SMILES string of the molecule is COc1ccccc1N1CCN(OC(=O)Nc2ccc(OCCN)c(-c3c(Br)cnn3C)c2)CC1. The van der Waals surface area contributed by atoms with Crippen molar-refractivity contribution in [3.05, 3.63) is 53.1 Å². The minimum Gasteiger partial charge on any atom is -0.495 e. The van der Waals surface area contributed by atoms with Crippen LogP contribution in [0.15, 0.2) is 53.1 Å². The molecule has 186 valence electrons. The molecule has 4 rings (SSSR count). The van der Waals surface area contributed by atoms with E-state index in [0.29, 0.717) is 50.8 Å². The van der Waals surface area contributed by atoms with Crippen molar-refractivity contribution in [1.82, 2.24) is 14.8 Å². The Kier molecular flexibility index (Phi) is 8.11. The molecule has 1 aromatic heterocycles. The van der Waals surface area contributed by atoms with E-state index in [1.54, 1.807) is 35.2 Å². The lowest BCUT2D eigenvalue weighted by Gasteiger charge is -2.35. The van der Waals surface area contributed by atoms with E-state index in [2.05, 4.69) is 31.2 Å². The van der Waals surface area contributed by atoms with Crippen molar-refractivity contribution in [2.24, 2.45) is 12.8 Å². The zero-order chi connectivity index (χ0) is 24.8. The Morgan fingerprint density at radius 1 is 1.14 bits per heavy atom. The van der Waals surface area contributed by atoms with Crippen molar-refractivity contribution < 1.29 is 19.1 Å². The monoisotopic (exact) mass is 544 g/mol. The second-order valence-corrected chi connectivity index (χ2v) is 8.76. The predicted octanol–water partition coefficient (Wildman–Crippen LogP) is 3.48. The van der Waals surface area contributed by atoms with Gasteiger partial charge in [0, 0.05) is 37.9 Å². The lowest BCUT2D eigenvalue weighted by Crippen LogP contribution is -2.47. The summed E-state index contributed by atoms with van der Waals surface area (Å²) in [6.45, 7) is 3.33. The number of amides is 1. The molecule has 1 aliphatic heterocycles. The van der Waals surface area contributed by atoms with E-state index in [9.17, 15) is 4.79 Å². The number of rotatable bonds is 8. The molecule has 35 heavy (non-hydrogen) atoms. The summed E-state index contributed by atoms with van der Waals surface area (Å²) in [5.41, 5.74) is 8.81. The molecule has 1 fully saturated rings. The molecular weight excluding hydrogens is 516 g/mol. The van der Waals surface area contributed by atoms with Crippen molar-refractivity contribution in [2.75, 3.05) is 56.7 Å². The van der Waals surface area contributed by atoms with Crippen LogP contribution in [0.2, 0.25) is 0 Å². The van der Waals surface area contributed by atoms with Gasteiger partial charge in [0.25, 0.3) is 0 Å². The third-order valence-electron chi connectivity index (χ3n) is 5.63. The number of nitrogens with two attached hydrogens (primary N) is 1. The molecule has 2 heterocycles. The van der Waals surface area contributed by atoms with Gasteiger partial charge >= 0.3 is 6.09 Å². The van der Waals surface area contributed by atoms with Gasteiger partial charge in [0.1, 0.15) is 18.1 Å². The lowest BCUT2D eigenvalue weighted by atomic mass is 10.1. The molecule has 0 bridgehead atoms. The van der Waals surface area contributed by atoms with Crippen LogP contribution in [0.5, 0.6) is 11.5 Å². The van der Waals surface area contributed by atoms with E-state index < -0.39 is 6.09 Å². The van der Waals surface area contributed by atoms with Gasteiger partial charge in [-0.2, -0.15) is 5.10 Å². The number of carbonyl (C=O) groups is 1. The van der Waals surface area contributed by atoms with Crippen LogP contribution < -0.4 is 25.4 Å². The van der Waals surface area contributed by atoms with E-state index in [0.717, 1.165) is 27.2 Å². The molecule has 3 aromatic rings. The average Bonchev–Trinajstić information content (AvgIpc) is 3.21. The first kappa shape index (κ1) is 24.8. The summed E-state index contributed by atoms with van der Waals surface area (Å²) in [4.78, 5) is 20.4. The fourth-order valence-electron chi connectivity index (χ4n) is 3.97. The number of halogens is 1. The van der Waals surface area contributed by atoms with Gasteiger partial charge in [-0.1, -0.05) is 12.1 Å². The van der Waals surface area contributed by atoms with Crippen molar-refractivity contribution in [2.45, 2.75) is 0 Å². The largest absolute Gasteiger partial charge is 0.495 e. The van der Waals surface area contributed by atoms with E-state index in [1.807, 2.05) is 37.4 Å². The van der Waals surface area contributed by atoms with Crippen LogP contribution in [-0.4, -0.2) is 67.4 Å². The second-order valence-electron chi connectivity index (χ2n) is 7.90. The molecule has 10 nitrogen and oxygen atoms in total. The molecular formula is C24H29BrN6O4. The summed E-state index contributed by atoms with van der Waals surface area (Å²) in [5.74, 6) is 1.47. The number of nitrogens with one attached hydrogen (secondary N) is 1. The van der Waals surface area contributed by atoms with E-state index in [-0.39, 0.29) is 0 Å². The third kappa shape index (κ3) is 5.87. The van der Waals surface area contributed by atoms with Gasteiger partial charge in [0.2, 0.25) is 0 Å². The van der Waals surface area contributed by atoms with E-state index >= 15 is 0 Å². The van der Waals surface area contributed by atoms with Crippen LogP contribution in [0, 0.1) is 0 Å². The number of aromatic nitrogens is 2. The van der Waals surface area contributed by atoms with Crippen molar-refractivity contribution in [1.29, 1.82) is 0 Å². The maximum Gasteiger partial charge on any atom is 0.430 e. The van der Waals surface area contributed by atoms with Gasteiger partial charge in [-0.3, -0.25) is 10.00 Å². The van der Waals surface area contributed by atoms with Crippen molar-refractivity contribution >= 4 is 33.4 Å². The highest BCUT2D eigenvalue weighted by Crippen LogP contribution is 2.36. The highest BCUT2D eigenvalue weighted by Gasteiger charge is 2.23. The van der Waals surface area contributed by atoms with Gasteiger partial charge in [0.05, 0.1) is 42.3 Å². The fraction of sp³-hybridized carbons (Fsp3) is 0.333. The Labute approximate surface area is 212 Å².